The minimum Gasteiger partial charge on any atom is -0.348 e. The van der Waals surface area contributed by atoms with Crippen LogP contribution in [-0.4, -0.2) is 46.6 Å². The second-order valence-electron chi connectivity index (χ2n) is 7.33. The Hall–Kier alpha value is -2.67. The number of amides is 5. The third-order valence-electron chi connectivity index (χ3n) is 5.20. The molecule has 1 aliphatic heterocycles. The zero-order valence-corrected chi connectivity index (χ0v) is 17.1. The van der Waals surface area contributed by atoms with E-state index in [1.54, 1.807) is 25.1 Å². The minimum absolute atomic E-state index is 0.159. The van der Waals surface area contributed by atoms with Crippen molar-refractivity contribution in [1.29, 1.82) is 0 Å². The third kappa shape index (κ3) is 5.03. The van der Waals surface area contributed by atoms with Crippen LogP contribution in [0, 0.1) is 0 Å². The predicted octanol–water partition coefficient (Wildman–Crippen LogP) is 3.20. The first-order valence-corrected chi connectivity index (χ1v) is 10.1. The smallest absolute Gasteiger partial charge is 0.334 e. The van der Waals surface area contributed by atoms with E-state index >= 15 is 0 Å². The fraction of sp³-hybridized carbons (Fsp3) is 0.429. The fourth-order valence-corrected chi connectivity index (χ4v) is 3.76. The van der Waals surface area contributed by atoms with Gasteiger partial charge in [0, 0.05) is 11.6 Å². The van der Waals surface area contributed by atoms with Crippen LogP contribution in [-0.2, 0) is 14.4 Å². The summed E-state index contributed by atoms with van der Waals surface area (Å²) in [5, 5.41) is 3.27. The zero-order valence-electron chi connectivity index (χ0n) is 16.3. The molecule has 8 heteroatoms. The molecule has 0 spiro atoms. The second-order valence-corrected chi connectivity index (χ2v) is 7.77. The van der Waals surface area contributed by atoms with Gasteiger partial charge in [0.2, 0.25) is 5.91 Å². The Morgan fingerprint density at radius 1 is 1.17 bits per heavy atom. The van der Waals surface area contributed by atoms with Gasteiger partial charge in [0.1, 0.15) is 6.54 Å². The van der Waals surface area contributed by atoms with Crippen LogP contribution in [0.15, 0.2) is 35.9 Å². The molecule has 1 aliphatic carbocycles. The van der Waals surface area contributed by atoms with Gasteiger partial charge in [-0.3, -0.25) is 19.3 Å². The molecule has 1 atom stereocenters. The SMILES string of the molecule is C[C@@H](NC(=O)CN1C(=O)C(=O)N(CCC2=CCCCC2)C1=O)c1cccc(Cl)c1. The van der Waals surface area contributed by atoms with Crippen molar-refractivity contribution in [3.63, 3.8) is 0 Å². The molecule has 0 saturated carbocycles. The Bertz CT molecular complexity index is 867. The number of benzene rings is 1. The van der Waals surface area contributed by atoms with Gasteiger partial charge < -0.3 is 5.32 Å². The van der Waals surface area contributed by atoms with Crippen molar-refractivity contribution in [2.45, 2.75) is 45.1 Å². The Labute approximate surface area is 174 Å². The molecule has 7 nitrogen and oxygen atoms in total. The number of carbonyl (C=O) groups excluding carboxylic acids is 4. The monoisotopic (exact) mass is 417 g/mol. The maximum Gasteiger partial charge on any atom is 0.334 e. The highest BCUT2D eigenvalue weighted by atomic mass is 35.5. The topological polar surface area (TPSA) is 86.8 Å². The molecule has 3 rings (SSSR count). The number of allylic oxidation sites excluding steroid dienone is 1. The van der Waals surface area contributed by atoms with Crippen molar-refractivity contribution in [2.24, 2.45) is 0 Å². The first-order valence-electron chi connectivity index (χ1n) is 9.77. The molecule has 5 amide bonds. The van der Waals surface area contributed by atoms with Crippen molar-refractivity contribution in [3.8, 4) is 0 Å². The van der Waals surface area contributed by atoms with E-state index in [0.29, 0.717) is 16.3 Å². The number of hydrogen-bond acceptors (Lipinski definition) is 4. The van der Waals surface area contributed by atoms with E-state index in [9.17, 15) is 19.2 Å². The lowest BCUT2D eigenvalue weighted by Crippen LogP contribution is -2.42. The Morgan fingerprint density at radius 3 is 2.62 bits per heavy atom. The molecule has 0 radical (unpaired) electrons. The van der Waals surface area contributed by atoms with E-state index in [4.69, 9.17) is 11.6 Å². The van der Waals surface area contributed by atoms with Crippen LogP contribution in [0.25, 0.3) is 0 Å². The summed E-state index contributed by atoms with van der Waals surface area (Å²) in [6.45, 7) is 1.44. The molecule has 1 N–H and O–H groups in total. The highest BCUT2D eigenvalue weighted by molar-refractivity contribution is 6.45. The van der Waals surface area contributed by atoms with Crippen molar-refractivity contribution in [1.82, 2.24) is 15.1 Å². The first kappa shape index (κ1) is 21.0. The molecular formula is C21H24ClN3O4. The number of carbonyl (C=O) groups is 4. The van der Waals surface area contributed by atoms with Crippen LogP contribution >= 0.6 is 11.6 Å². The van der Waals surface area contributed by atoms with Crippen LogP contribution in [0.3, 0.4) is 0 Å². The lowest BCUT2D eigenvalue weighted by atomic mass is 9.97. The maximum absolute atomic E-state index is 12.5. The molecule has 1 saturated heterocycles. The quantitative estimate of drug-likeness (QED) is 0.419. The van der Waals surface area contributed by atoms with Crippen LogP contribution in [0.5, 0.6) is 0 Å². The highest BCUT2D eigenvalue weighted by Gasteiger charge is 2.45. The number of halogens is 1. The molecule has 1 heterocycles. The molecule has 29 heavy (non-hydrogen) atoms. The van der Waals surface area contributed by atoms with Gasteiger partial charge in [0.15, 0.2) is 0 Å². The molecule has 0 aromatic heterocycles. The highest BCUT2D eigenvalue weighted by Crippen LogP contribution is 2.22. The minimum atomic E-state index is -0.960. The molecule has 0 unspecified atom stereocenters. The van der Waals surface area contributed by atoms with E-state index < -0.39 is 30.3 Å². The Balaban J connectivity index is 1.57. The standard InChI is InChI=1S/C21H24ClN3O4/c1-14(16-8-5-9-17(22)12-16)23-18(26)13-25-20(28)19(27)24(21(25)29)11-10-15-6-3-2-4-7-15/h5-6,8-9,12,14H,2-4,7,10-11,13H2,1H3,(H,23,26)/t14-/m1/s1. The van der Waals surface area contributed by atoms with Gasteiger partial charge in [0.05, 0.1) is 6.04 Å². The van der Waals surface area contributed by atoms with Gasteiger partial charge in [-0.2, -0.15) is 0 Å². The van der Waals surface area contributed by atoms with Crippen molar-refractivity contribution in [2.75, 3.05) is 13.1 Å². The number of rotatable bonds is 7. The van der Waals surface area contributed by atoms with Crippen LogP contribution in [0.1, 0.15) is 50.6 Å². The van der Waals surface area contributed by atoms with E-state index in [2.05, 4.69) is 11.4 Å². The molecule has 0 bridgehead atoms. The van der Waals surface area contributed by atoms with Crippen LogP contribution < -0.4 is 5.32 Å². The van der Waals surface area contributed by atoms with Gasteiger partial charge >= 0.3 is 17.8 Å². The summed E-state index contributed by atoms with van der Waals surface area (Å²) in [5.41, 5.74) is 2.00. The van der Waals surface area contributed by atoms with Gasteiger partial charge in [-0.05, 0) is 56.7 Å². The maximum atomic E-state index is 12.5. The Kier molecular flexibility index (Phi) is 6.69. The van der Waals surface area contributed by atoms with Gasteiger partial charge in [-0.25, -0.2) is 9.69 Å². The number of nitrogens with one attached hydrogen (secondary N) is 1. The van der Waals surface area contributed by atoms with Crippen LogP contribution in [0.4, 0.5) is 4.79 Å². The largest absolute Gasteiger partial charge is 0.348 e. The van der Waals surface area contributed by atoms with E-state index in [-0.39, 0.29) is 12.6 Å². The van der Waals surface area contributed by atoms with E-state index in [0.717, 1.165) is 36.1 Å². The van der Waals surface area contributed by atoms with Crippen molar-refractivity contribution >= 4 is 35.4 Å². The summed E-state index contributed by atoms with van der Waals surface area (Å²) in [5.74, 6) is -2.36. The normalized spacial score (nSPS) is 18.1. The molecule has 1 aromatic rings. The third-order valence-corrected chi connectivity index (χ3v) is 5.44. The average molecular weight is 418 g/mol. The molecule has 2 aliphatic rings. The molecule has 1 fully saturated rings. The Morgan fingerprint density at radius 2 is 1.93 bits per heavy atom. The number of hydrogen-bond donors (Lipinski definition) is 1. The molecular weight excluding hydrogens is 394 g/mol. The summed E-state index contributed by atoms with van der Waals surface area (Å²) >= 11 is 5.96. The summed E-state index contributed by atoms with van der Waals surface area (Å²) < 4.78 is 0. The second kappa shape index (κ2) is 9.22. The molecule has 1 aromatic carbocycles. The zero-order chi connectivity index (χ0) is 21.0. The summed E-state index contributed by atoms with van der Waals surface area (Å²) in [6, 6.07) is 5.94. The first-order chi connectivity index (χ1) is 13.9. The van der Waals surface area contributed by atoms with E-state index in [1.807, 2.05) is 6.07 Å². The van der Waals surface area contributed by atoms with Gasteiger partial charge in [-0.1, -0.05) is 35.4 Å². The van der Waals surface area contributed by atoms with Crippen molar-refractivity contribution in [3.05, 3.63) is 46.5 Å². The van der Waals surface area contributed by atoms with Gasteiger partial charge in [0.25, 0.3) is 0 Å². The lowest BCUT2D eigenvalue weighted by molar-refractivity contribution is -0.144. The summed E-state index contributed by atoms with van der Waals surface area (Å²) in [7, 11) is 0. The number of imide groups is 2. The predicted molar refractivity (Wildman–Crippen MR) is 108 cm³/mol. The molecule has 154 valence electrons. The van der Waals surface area contributed by atoms with Crippen LogP contribution in [0.2, 0.25) is 5.02 Å². The van der Waals surface area contributed by atoms with Gasteiger partial charge in [-0.15, -0.1) is 0 Å². The summed E-state index contributed by atoms with van der Waals surface area (Å²) in [4.78, 5) is 50.9. The van der Waals surface area contributed by atoms with E-state index in [1.165, 1.54) is 5.57 Å². The number of nitrogens with zero attached hydrogens (tertiary/aromatic N) is 2. The fourth-order valence-electron chi connectivity index (χ4n) is 3.56. The summed E-state index contributed by atoms with van der Waals surface area (Å²) in [6.07, 6.45) is 6.92. The number of urea groups is 1. The average Bonchev–Trinajstić information content (AvgIpc) is 2.90. The lowest BCUT2D eigenvalue weighted by Gasteiger charge is -2.19. The van der Waals surface area contributed by atoms with Crippen molar-refractivity contribution < 1.29 is 19.2 Å².